The Hall–Kier alpha value is -1.06. The average Bonchev–Trinajstić information content (AvgIpc) is 2.22. The summed E-state index contributed by atoms with van der Waals surface area (Å²) in [5.74, 6) is -0.472. The number of hydrogen-bond donors (Lipinski definition) is 0. The molecule has 0 radical (unpaired) electrons. The Labute approximate surface area is 135 Å². The summed E-state index contributed by atoms with van der Waals surface area (Å²) in [5.41, 5.74) is -2.27. The van der Waals surface area contributed by atoms with Gasteiger partial charge in [-0.05, 0) is 82.1 Å². The number of carbonyl (C=O) groups excluding carboxylic acids is 2. The SMILES string of the molecule is CC(C)(C)OC(=O)C(C)(C)CCC(C)(C)C(=O)OC(C)(C)C. The van der Waals surface area contributed by atoms with Crippen molar-refractivity contribution in [2.24, 2.45) is 10.8 Å². The second-order valence-corrected chi connectivity index (χ2v) is 9.27. The van der Waals surface area contributed by atoms with Gasteiger partial charge in [0.15, 0.2) is 0 Å². The highest BCUT2D eigenvalue weighted by molar-refractivity contribution is 5.78. The molecule has 0 saturated heterocycles. The van der Waals surface area contributed by atoms with Gasteiger partial charge in [-0.2, -0.15) is 0 Å². The number of ether oxygens (including phenoxy) is 2. The topological polar surface area (TPSA) is 52.6 Å². The number of hydrogen-bond acceptors (Lipinski definition) is 4. The molecule has 0 aliphatic rings. The molecule has 0 atom stereocenters. The first-order chi connectivity index (χ1) is 9.46. The fraction of sp³-hybridized carbons (Fsp3) is 0.889. The molecule has 0 N–H and O–H groups in total. The summed E-state index contributed by atoms with van der Waals surface area (Å²) < 4.78 is 10.9. The lowest BCUT2D eigenvalue weighted by Gasteiger charge is -2.32. The van der Waals surface area contributed by atoms with Gasteiger partial charge in [-0.25, -0.2) is 0 Å². The molecule has 0 heterocycles. The summed E-state index contributed by atoms with van der Waals surface area (Å²) in [7, 11) is 0. The average molecular weight is 314 g/mol. The van der Waals surface area contributed by atoms with E-state index in [9.17, 15) is 9.59 Å². The highest BCUT2D eigenvalue weighted by atomic mass is 16.6. The Morgan fingerprint density at radius 2 is 0.818 bits per heavy atom. The lowest BCUT2D eigenvalue weighted by molar-refractivity contribution is -0.170. The zero-order valence-corrected chi connectivity index (χ0v) is 16.0. The van der Waals surface area contributed by atoms with Gasteiger partial charge in [0.05, 0.1) is 10.8 Å². The van der Waals surface area contributed by atoms with Crippen LogP contribution in [0.25, 0.3) is 0 Å². The summed E-state index contributed by atoms with van der Waals surface area (Å²) in [4.78, 5) is 24.5. The van der Waals surface area contributed by atoms with Gasteiger partial charge in [0.25, 0.3) is 0 Å². The Morgan fingerprint density at radius 1 is 0.591 bits per heavy atom. The molecule has 0 fully saturated rings. The lowest BCUT2D eigenvalue weighted by atomic mass is 9.79. The van der Waals surface area contributed by atoms with Crippen molar-refractivity contribution in [3.63, 3.8) is 0 Å². The van der Waals surface area contributed by atoms with Gasteiger partial charge >= 0.3 is 11.9 Å². The van der Waals surface area contributed by atoms with Gasteiger partial charge < -0.3 is 9.47 Å². The third-order valence-corrected chi connectivity index (χ3v) is 3.28. The van der Waals surface area contributed by atoms with E-state index >= 15 is 0 Å². The molecule has 0 aromatic carbocycles. The molecule has 0 aromatic heterocycles. The van der Waals surface area contributed by atoms with Crippen molar-refractivity contribution in [1.29, 1.82) is 0 Å². The van der Waals surface area contributed by atoms with Crippen molar-refractivity contribution in [3.8, 4) is 0 Å². The first-order valence-electron chi connectivity index (χ1n) is 7.93. The molecule has 0 rings (SSSR count). The van der Waals surface area contributed by atoms with Crippen LogP contribution in [-0.4, -0.2) is 23.1 Å². The van der Waals surface area contributed by atoms with E-state index in [2.05, 4.69) is 0 Å². The Morgan fingerprint density at radius 3 is 1.00 bits per heavy atom. The third-order valence-electron chi connectivity index (χ3n) is 3.28. The fourth-order valence-corrected chi connectivity index (χ4v) is 1.66. The van der Waals surface area contributed by atoms with Crippen molar-refractivity contribution in [1.82, 2.24) is 0 Å². The summed E-state index contributed by atoms with van der Waals surface area (Å²) in [6, 6.07) is 0. The van der Waals surface area contributed by atoms with Crippen LogP contribution in [0.5, 0.6) is 0 Å². The number of rotatable bonds is 5. The second-order valence-electron chi connectivity index (χ2n) is 9.27. The maximum absolute atomic E-state index is 12.3. The van der Waals surface area contributed by atoms with Crippen molar-refractivity contribution in [2.75, 3.05) is 0 Å². The maximum Gasteiger partial charge on any atom is 0.312 e. The van der Waals surface area contributed by atoms with Crippen molar-refractivity contribution in [2.45, 2.75) is 93.3 Å². The van der Waals surface area contributed by atoms with E-state index in [-0.39, 0.29) is 11.9 Å². The summed E-state index contributed by atoms with van der Waals surface area (Å²) >= 11 is 0. The van der Waals surface area contributed by atoms with E-state index in [4.69, 9.17) is 9.47 Å². The van der Waals surface area contributed by atoms with Crippen LogP contribution in [0, 0.1) is 10.8 Å². The Bertz CT molecular complexity index is 366. The van der Waals surface area contributed by atoms with Crippen molar-refractivity contribution >= 4 is 11.9 Å². The monoisotopic (exact) mass is 314 g/mol. The van der Waals surface area contributed by atoms with Crippen LogP contribution in [0.4, 0.5) is 0 Å². The Balaban J connectivity index is 4.76. The summed E-state index contributed by atoms with van der Waals surface area (Å²) in [6.07, 6.45) is 1.13. The predicted octanol–water partition coefficient (Wildman–Crippen LogP) is 4.50. The van der Waals surface area contributed by atoms with E-state index in [1.165, 1.54) is 0 Å². The predicted molar refractivity (Wildman–Crippen MR) is 88.5 cm³/mol. The first-order valence-corrected chi connectivity index (χ1v) is 7.93. The molecule has 22 heavy (non-hydrogen) atoms. The molecule has 0 amide bonds. The molecule has 0 saturated carbocycles. The minimum Gasteiger partial charge on any atom is -0.460 e. The molecule has 0 spiro atoms. The maximum atomic E-state index is 12.3. The number of carbonyl (C=O) groups is 2. The standard InChI is InChI=1S/C18H34O4/c1-15(2,3)21-13(19)17(7,8)11-12-18(9,10)14(20)22-16(4,5)6/h11-12H2,1-10H3. The van der Waals surface area contributed by atoms with Gasteiger partial charge in [-0.1, -0.05) is 0 Å². The van der Waals surface area contributed by atoms with Crippen LogP contribution in [0.1, 0.15) is 82.1 Å². The molecule has 0 aromatic rings. The number of esters is 2. The van der Waals surface area contributed by atoms with Gasteiger partial charge in [-0.3, -0.25) is 9.59 Å². The van der Waals surface area contributed by atoms with Crippen molar-refractivity contribution < 1.29 is 19.1 Å². The van der Waals surface area contributed by atoms with Crippen LogP contribution in [-0.2, 0) is 19.1 Å². The molecular formula is C18H34O4. The Kier molecular flexibility index (Phi) is 6.27. The van der Waals surface area contributed by atoms with E-state index < -0.39 is 22.0 Å². The summed E-state index contributed by atoms with van der Waals surface area (Å²) in [5, 5.41) is 0. The van der Waals surface area contributed by atoms with E-state index in [0.29, 0.717) is 12.8 Å². The quantitative estimate of drug-likeness (QED) is 0.701. The molecule has 0 bridgehead atoms. The first kappa shape index (κ1) is 20.9. The minimum atomic E-state index is -0.632. The van der Waals surface area contributed by atoms with Gasteiger partial charge in [-0.15, -0.1) is 0 Å². The van der Waals surface area contributed by atoms with E-state index in [1.807, 2.05) is 69.2 Å². The van der Waals surface area contributed by atoms with Crippen LogP contribution in [0.3, 0.4) is 0 Å². The smallest absolute Gasteiger partial charge is 0.312 e. The molecule has 130 valence electrons. The molecule has 0 aliphatic carbocycles. The fourth-order valence-electron chi connectivity index (χ4n) is 1.66. The highest BCUT2D eigenvalue weighted by Crippen LogP contribution is 2.34. The van der Waals surface area contributed by atoms with Crippen LogP contribution >= 0.6 is 0 Å². The summed E-state index contributed by atoms with van der Waals surface area (Å²) in [6.45, 7) is 18.5. The third kappa shape index (κ3) is 7.81. The molecule has 0 unspecified atom stereocenters. The zero-order valence-electron chi connectivity index (χ0n) is 16.0. The van der Waals surface area contributed by atoms with Crippen LogP contribution in [0.2, 0.25) is 0 Å². The van der Waals surface area contributed by atoms with Crippen LogP contribution in [0.15, 0.2) is 0 Å². The van der Waals surface area contributed by atoms with Crippen LogP contribution < -0.4 is 0 Å². The lowest BCUT2D eigenvalue weighted by Crippen LogP contribution is -2.37. The largest absolute Gasteiger partial charge is 0.460 e. The van der Waals surface area contributed by atoms with Gasteiger partial charge in [0.1, 0.15) is 11.2 Å². The van der Waals surface area contributed by atoms with Crippen molar-refractivity contribution in [3.05, 3.63) is 0 Å². The minimum absolute atomic E-state index is 0.236. The van der Waals surface area contributed by atoms with E-state index in [0.717, 1.165) is 0 Å². The normalized spacial score (nSPS) is 13.7. The molecule has 0 aliphatic heterocycles. The second kappa shape index (κ2) is 6.59. The molecule has 4 nitrogen and oxygen atoms in total. The molecular weight excluding hydrogens is 280 g/mol. The van der Waals surface area contributed by atoms with E-state index in [1.54, 1.807) is 0 Å². The molecule has 4 heteroatoms. The van der Waals surface area contributed by atoms with Gasteiger partial charge in [0.2, 0.25) is 0 Å². The zero-order chi connectivity index (χ0) is 18.0. The van der Waals surface area contributed by atoms with Gasteiger partial charge in [0, 0.05) is 0 Å². The highest BCUT2D eigenvalue weighted by Gasteiger charge is 2.38.